The summed E-state index contributed by atoms with van der Waals surface area (Å²) in [6.07, 6.45) is 1.42. The molecule has 33 heavy (non-hydrogen) atoms. The minimum Gasteiger partial charge on any atom is -0.363 e. The third kappa shape index (κ3) is 5.09. The smallest absolute Gasteiger partial charge is 0.253 e. The molecule has 0 aromatic heterocycles. The minimum absolute atomic E-state index is 0.214. The summed E-state index contributed by atoms with van der Waals surface area (Å²) in [5.74, 6) is -0.362. The van der Waals surface area contributed by atoms with E-state index < -0.39 is 11.3 Å². The van der Waals surface area contributed by atoms with E-state index >= 15 is 0 Å². The number of amides is 1. The number of hydrogen-bond acceptors (Lipinski definition) is 4. The van der Waals surface area contributed by atoms with Gasteiger partial charge in [0.2, 0.25) is 0 Å². The van der Waals surface area contributed by atoms with Gasteiger partial charge in [0.1, 0.15) is 0 Å². The second-order valence-electron chi connectivity index (χ2n) is 10.00. The molecule has 0 saturated carbocycles. The zero-order valence-corrected chi connectivity index (χ0v) is 20.3. The van der Waals surface area contributed by atoms with Gasteiger partial charge in [0.05, 0.1) is 5.57 Å². The highest BCUT2D eigenvalue weighted by Gasteiger charge is 2.50. The van der Waals surface area contributed by atoms with Crippen molar-refractivity contribution < 1.29 is 14.7 Å². The molecule has 0 spiro atoms. The van der Waals surface area contributed by atoms with Gasteiger partial charge < -0.3 is 15.3 Å². The Morgan fingerprint density at radius 1 is 1.03 bits per heavy atom. The first-order valence-corrected chi connectivity index (χ1v) is 11.4. The summed E-state index contributed by atoms with van der Waals surface area (Å²) in [6.45, 7) is 12.2. The molecule has 2 aromatic rings. The van der Waals surface area contributed by atoms with Gasteiger partial charge >= 0.3 is 0 Å². The molecule has 0 fully saturated rings. The zero-order chi connectivity index (χ0) is 24.4. The lowest BCUT2D eigenvalue weighted by Gasteiger charge is -2.39. The number of rotatable bonds is 6. The molecule has 0 bridgehead atoms. The average molecular weight is 447 g/mol. The molecule has 5 heteroatoms. The summed E-state index contributed by atoms with van der Waals surface area (Å²) >= 11 is 0. The topological polar surface area (TPSA) is 69.6 Å². The number of carbonyl (C=O) groups excluding carboxylic acids is 2. The molecular formula is C28H34N2O3. The Hall–Kier alpha value is -3.18. The van der Waals surface area contributed by atoms with Crippen LogP contribution in [0, 0.1) is 5.92 Å². The molecule has 1 heterocycles. The summed E-state index contributed by atoms with van der Waals surface area (Å²) in [5, 5.41) is 15.3. The van der Waals surface area contributed by atoms with Gasteiger partial charge in [-0.2, -0.15) is 0 Å². The van der Waals surface area contributed by atoms with Gasteiger partial charge in [-0.15, -0.1) is 0 Å². The summed E-state index contributed by atoms with van der Waals surface area (Å²) < 4.78 is 0. The molecule has 0 radical (unpaired) electrons. The maximum atomic E-state index is 13.5. The molecule has 0 aliphatic carbocycles. The number of hydrogen-bond donors (Lipinski definition) is 2. The van der Waals surface area contributed by atoms with Crippen molar-refractivity contribution in [3.05, 3.63) is 94.7 Å². The Morgan fingerprint density at radius 3 is 2.09 bits per heavy atom. The first kappa shape index (κ1) is 24.5. The standard InChI is InChI=1S/C28H34N2O3/c1-19(2)18-30-20(3)25(26(32)29-27(4,5)6)23(17-24(31)21-13-9-7-10-14-21)28(30,33)22-15-11-8-12-16-22/h7-17,19,33H,18H2,1-6H3,(H,29,32)/b23-17-. The quantitative estimate of drug-likeness (QED) is 0.494. The van der Waals surface area contributed by atoms with Gasteiger partial charge in [0.25, 0.3) is 5.91 Å². The van der Waals surface area contributed by atoms with Crippen molar-refractivity contribution in [2.45, 2.75) is 52.8 Å². The van der Waals surface area contributed by atoms with Crippen LogP contribution < -0.4 is 5.32 Å². The molecule has 1 aliphatic heterocycles. The van der Waals surface area contributed by atoms with Crippen LogP contribution in [0.2, 0.25) is 0 Å². The number of allylic oxidation sites excluding steroid dienone is 2. The Labute approximate surface area is 196 Å². The predicted molar refractivity (Wildman–Crippen MR) is 131 cm³/mol. The number of benzene rings is 2. The van der Waals surface area contributed by atoms with Crippen LogP contribution in [0.3, 0.4) is 0 Å². The fraction of sp³-hybridized carbons (Fsp3) is 0.357. The van der Waals surface area contributed by atoms with Crippen LogP contribution in [0.15, 0.2) is 83.6 Å². The zero-order valence-electron chi connectivity index (χ0n) is 20.3. The van der Waals surface area contributed by atoms with Crippen LogP contribution in [-0.4, -0.2) is 33.8 Å². The van der Waals surface area contributed by atoms with Crippen molar-refractivity contribution >= 4 is 11.7 Å². The van der Waals surface area contributed by atoms with Crippen molar-refractivity contribution in [2.24, 2.45) is 5.92 Å². The first-order chi connectivity index (χ1) is 15.4. The van der Waals surface area contributed by atoms with Crippen LogP contribution in [0.25, 0.3) is 0 Å². The third-order valence-corrected chi connectivity index (χ3v) is 5.58. The lowest BCUT2D eigenvalue weighted by atomic mass is 9.88. The average Bonchev–Trinajstić information content (AvgIpc) is 2.95. The predicted octanol–water partition coefficient (Wildman–Crippen LogP) is 4.80. The minimum atomic E-state index is -1.65. The second kappa shape index (κ2) is 9.36. The molecule has 1 aliphatic rings. The molecule has 3 rings (SSSR count). The van der Waals surface area contributed by atoms with E-state index in [1.807, 2.05) is 69.0 Å². The van der Waals surface area contributed by atoms with Crippen LogP contribution in [0.5, 0.6) is 0 Å². The molecule has 0 saturated heterocycles. The fourth-order valence-electron chi connectivity index (χ4n) is 4.19. The van der Waals surface area contributed by atoms with Crippen LogP contribution in [-0.2, 0) is 10.5 Å². The molecule has 1 unspecified atom stereocenters. The third-order valence-electron chi connectivity index (χ3n) is 5.58. The number of carbonyl (C=O) groups is 2. The summed E-state index contributed by atoms with van der Waals surface area (Å²) in [6, 6.07) is 18.1. The molecule has 1 amide bonds. The van der Waals surface area contributed by atoms with E-state index in [1.165, 1.54) is 6.08 Å². The van der Waals surface area contributed by atoms with Crippen LogP contribution >= 0.6 is 0 Å². The molecular weight excluding hydrogens is 412 g/mol. The Morgan fingerprint density at radius 2 is 1.58 bits per heavy atom. The molecule has 1 atom stereocenters. The maximum Gasteiger partial charge on any atom is 0.253 e. The lowest BCUT2D eigenvalue weighted by Crippen LogP contribution is -2.45. The van der Waals surface area contributed by atoms with Crippen LogP contribution in [0.4, 0.5) is 0 Å². The van der Waals surface area contributed by atoms with Crippen molar-refractivity contribution in [1.82, 2.24) is 10.2 Å². The highest BCUT2D eigenvalue weighted by Crippen LogP contribution is 2.47. The number of aliphatic hydroxyl groups is 1. The fourth-order valence-corrected chi connectivity index (χ4v) is 4.19. The van der Waals surface area contributed by atoms with Gasteiger partial charge in [0, 0.05) is 34.5 Å². The van der Waals surface area contributed by atoms with E-state index in [-0.39, 0.29) is 17.6 Å². The highest BCUT2D eigenvalue weighted by molar-refractivity contribution is 6.08. The van der Waals surface area contributed by atoms with E-state index in [9.17, 15) is 14.7 Å². The number of nitrogens with one attached hydrogen (secondary N) is 1. The number of ketones is 1. The van der Waals surface area contributed by atoms with Crippen molar-refractivity contribution in [2.75, 3.05) is 6.54 Å². The lowest BCUT2D eigenvalue weighted by molar-refractivity contribution is -0.118. The summed E-state index contributed by atoms with van der Waals surface area (Å²) in [7, 11) is 0. The van der Waals surface area contributed by atoms with Crippen molar-refractivity contribution in [3.63, 3.8) is 0 Å². The Kier molecular flexibility index (Phi) is 6.94. The van der Waals surface area contributed by atoms with Gasteiger partial charge in [-0.25, -0.2) is 0 Å². The van der Waals surface area contributed by atoms with Gasteiger partial charge in [-0.3, -0.25) is 9.59 Å². The van der Waals surface area contributed by atoms with Gasteiger partial charge in [0.15, 0.2) is 11.5 Å². The highest BCUT2D eigenvalue weighted by atomic mass is 16.3. The van der Waals surface area contributed by atoms with E-state index in [2.05, 4.69) is 19.2 Å². The number of nitrogens with zero attached hydrogens (tertiary/aromatic N) is 1. The Bertz CT molecular complexity index is 1080. The monoisotopic (exact) mass is 446 g/mol. The molecule has 2 aromatic carbocycles. The SMILES string of the molecule is CC1=C(C(=O)NC(C)(C)C)/C(=C/C(=O)c2ccccc2)C(O)(c2ccccc2)N1CC(C)C. The largest absolute Gasteiger partial charge is 0.363 e. The van der Waals surface area contributed by atoms with E-state index in [0.29, 0.717) is 34.5 Å². The molecule has 5 nitrogen and oxygen atoms in total. The summed E-state index contributed by atoms with van der Waals surface area (Å²) in [4.78, 5) is 28.6. The maximum absolute atomic E-state index is 13.5. The molecule has 174 valence electrons. The summed E-state index contributed by atoms with van der Waals surface area (Å²) in [5.41, 5.74) is 0.249. The first-order valence-electron chi connectivity index (χ1n) is 11.4. The Balaban J connectivity index is 2.26. The normalized spacial score (nSPS) is 20.0. The van der Waals surface area contributed by atoms with E-state index in [1.54, 1.807) is 24.3 Å². The van der Waals surface area contributed by atoms with E-state index in [0.717, 1.165) is 0 Å². The van der Waals surface area contributed by atoms with Crippen molar-refractivity contribution in [1.29, 1.82) is 0 Å². The second-order valence-corrected chi connectivity index (χ2v) is 10.00. The van der Waals surface area contributed by atoms with Gasteiger partial charge in [-0.1, -0.05) is 74.5 Å². The van der Waals surface area contributed by atoms with E-state index in [4.69, 9.17) is 0 Å². The molecule has 2 N–H and O–H groups in total. The van der Waals surface area contributed by atoms with Gasteiger partial charge in [-0.05, 0) is 39.7 Å². The van der Waals surface area contributed by atoms with Crippen molar-refractivity contribution in [3.8, 4) is 0 Å². The van der Waals surface area contributed by atoms with Crippen LogP contribution in [0.1, 0.15) is 57.5 Å².